The fourth-order valence-electron chi connectivity index (χ4n) is 4.04. The maximum absolute atomic E-state index is 12.8. The normalized spacial score (nSPS) is 15.7. The Morgan fingerprint density at radius 1 is 0.812 bits per heavy atom. The molecule has 168 valence electrons. The van der Waals surface area contributed by atoms with Gasteiger partial charge in [-0.15, -0.1) is 0 Å². The first kappa shape index (κ1) is 22.7. The summed E-state index contributed by atoms with van der Waals surface area (Å²) in [6.45, 7) is 3.36. The van der Waals surface area contributed by atoms with Crippen molar-refractivity contribution in [1.82, 2.24) is 14.9 Å². The molecule has 32 heavy (non-hydrogen) atoms. The smallest absolute Gasteiger partial charge is 0.240 e. The summed E-state index contributed by atoms with van der Waals surface area (Å²) in [7, 11) is -1.42. The third-order valence-corrected chi connectivity index (χ3v) is 7.43. The Morgan fingerprint density at radius 2 is 1.47 bits per heavy atom. The molecule has 0 saturated carbocycles. The van der Waals surface area contributed by atoms with Gasteiger partial charge in [-0.05, 0) is 73.4 Å². The van der Waals surface area contributed by atoms with Crippen LogP contribution in [0.4, 0.5) is 0 Å². The summed E-state index contributed by atoms with van der Waals surface area (Å²) in [6, 6.07) is 25.6. The summed E-state index contributed by atoms with van der Waals surface area (Å²) in [5, 5.41) is 3.67. The Labute approximate surface area is 191 Å². The molecule has 1 heterocycles. The molecule has 0 bridgehead atoms. The van der Waals surface area contributed by atoms with E-state index in [2.05, 4.69) is 34.1 Å². The highest BCUT2D eigenvalue weighted by Crippen LogP contribution is 2.24. The van der Waals surface area contributed by atoms with Crippen molar-refractivity contribution in [2.75, 3.05) is 20.1 Å². The fourth-order valence-corrected chi connectivity index (χ4v) is 5.10. The van der Waals surface area contributed by atoms with Gasteiger partial charge < -0.3 is 10.2 Å². The molecule has 1 aliphatic rings. The lowest BCUT2D eigenvalue weighted by molar-refractivity contribution is 0.234. The quantitative estimate of drug-likeness (QED) is 0.545. The predicted molar refractivity (Wildman–Crippen MR) is 130 cm³/mol. The molecule has 3 aromatic rings. The average molecular weight is 450 g/mol. The molecular formula is C26H31N3O2S. The van der Waals surface area contributed by atoms with Crippen molar-refractivity contribution in [2.24, 2.45) is 0 Å². The highest BCUT2D eigenvalue weighted by molar-refractivity contribution is 7.89. The lowest BCUT2D eigenvalue weighted by atomic mass is 10.0. The number of piperidine rings is 1. The van der Waals surface area contributed by atoms with Crippen LogP contribution < -0.4 is 10.0 Å². The van der Waals surface area contributed by atoms with Crippen molar-refractivity contribution in [2.45, 2.75) is 36.9 Å². The van der Waals surface area contributed by atoms with Crippen molar-refractivity contribution in [3.05, 3.63) is 90.0 Å². The van der Waals surface area contributed by atoms with E-state index in [-0.39, 0.29) is 11.4 Å². The number of nitrogens with zero attached hydrogens (tertiary/aromatic N) is 1. The van der Waals surface area contributed by atoms with Gasteiger partial charge in [-0.3, -0.25) is 0 Å². The second-order valence-corrected chi connectivity index (χ2v) is 10.3. The number of hydrogen-bond acceptors (Lipinski definition) is 4. The molecular weight excluding hydrogens is 418 g/mol. The van der Waals surface area contributed by atoms with Crippen LogP contribution >= 0.6 is 0 Å². The van der Waals surface area contributed by atoms with Crippen molar-refractivity contribution >= 4 is 10.0 Å². The van der Waals surface area contributed by atoms with Crippen LogP contribution in [0.2, 0.25) is 0 Å². The van der Waals surface area contributed by atoms with Crippen LogP contribution in [-0.2, 0) is 23.1 Å². The van der Waals surface area contributed by atoms with Gasteiger partial charge in [0, 0.05) is 19.1 Å². The molecule has 0 spiro atoms. The van der Waals surface area contributed by atoms with Gasteiger partial charge in [0.25, 0.3) is 0 Å². The SMILES string of the molecule is CN1CCC(NCc2cccc(-c3cccc(S(=O)(=O)NCc4ccccc4)c3)c2)CC1. The number of nitrogens with one attached hydrogen (secondary N) is 2. The van der Waals surface area contributed by atoms with Crippen molar-refractivity contribution in [3.8, 4) is 11.1 Å². The van der Waals surface area contributed by atoms with Gasteiger partial charge in [-0.1, -0.05) is 60.7 Å². The molecule has 6 heteroatoms. The Balaban J connectivity index is 1.44. The molecule has 3 aromatic carbocycles. The Kier molecular flexibility index (Phi) is 7.37. The van der Waals surface area contributed by atoms with E-state index >= 15 is 0 Å². The molecule has 1 aliphatic heterocycles. The summed E-state index contributed by atoms with van der Waals surface area (Å²) >= 11 is 0. The zero-order chi connectivity index (χ0) is 22.4. The predicted octanol–water partition coefficient (Wildman–Crippen LogP) is 4.02. The van der Waals surface area contributed by atoms with E-state index < -0.39 is 10.0 Å². The molecule has 0 amide bonds. The van der Waals surface area contributed by atoms with Gasteiger partial charge in [0.05, 0.1) is 4.90 Å². The first-order chi connectivity index (χ1) is 15.5. The molecule has 0 unspecified atom stereocenters. The summed E-state index contributed by atoms with van der Waals surface area (Å²) in [6.07, 6.45) is 2.35. The summed E-state index contributed by atoms with van der Waals surface area (Å²) < 4.78 is 28.4. The van der Waals surface area contributed by atoms with Crippen LogP contribution in [0.1, 0.15) is 24.0 Å². The van der Waals surface area contributed by atoms with E-state index in [1.807, 2.05) is 48.5 Å². The summed E-state index contributed by atoms with van der Waals surface area (Å²) in [5.41, 5.74) is 4.05. The van der Waals surface area contributed by atoms with E-state index in [9.17, 15) is 8.42 Å². The van der Waals surface area contributed by atoms with Crippen LogP contribution in [0.3, 0.4) is 0 Å². The van der Waals surface area contributed by atoms with Crippen molar-refractivity contribution in [3.63, 3.8) is 0 Å². The van der Waals surface area contributed by atoms with Gasteiger partial charge in [-0.2, -0.15) is 0 Å². The maximum Gasteiger partial charge on any atom is 0.240 e. The third kappa shape index (κ3) is 6.04. The highest BCUT2D eigenvalue weighted by Gasteiger charge is 2.16. The number of likely N-dealkylation sites (tertiary alicyclic amines) is 1. The van der Waals surface area contributed by atoms with Crippen LogP contribution in [0.15, 0.2) is 83.8 Å². The van der Waals surface area contributed by atoms with Gasteiger partial charge in [0.2, 0.25) is 10.0 Å². The van der Waals surface area contributed by atoms with Gasteiger partial charge in [-0.25, -0.2) is 13.1 Å². The van der Waals surface area contributed by atoms with E-state index in [0.717, 1.165) is 36.3 Å². The molecule has 0 aromatic heterocycles. The van der Waals surface area contributed by atoms with Gasteiger partial charge in [0.1, 0.15) is 0 Å². The molecule has 2 N–H and O–H groups in total. The minimum absolute atomic E-state index is 0.269. The topological polar surface area (TPSA) is 61.4 Å². The standard InChI is InChI=1S/C26H31N3O2S/c1-29-15-13-25(14-16-29)27-19-22-9-5-10-23(17-22)24-11-6-12-26(18-24)32(30,31)28-20-21-7-3-2-4-8-21/h2-12,17-18,25,27-28H,13-16,19-20H2,1H3. The van der Waals surface area contributed by atoms with Crippen molar-refractivity contribution < 1.29 is 8.42 Å². The maximum atomic E-state index is 12.8. The van der Waals surface area contributed by atoms with E-state index in [1.165, 1.54) is 18.4 Å². The van der Waals surface area contributed by atoms with Crippen LogP contribution in [0.25, 0.3) is 11.1 Å². The second kappa shape index (κ2) is 10.4. The number of rotatable bonds is 8. The Bertz CT molecular complexity index is 1120. The van der Waals surface area contributed by atoms with Crippen LogP contribution in [0.5, 0.6) is 0 Å². The van der Waals surface area contributed by atoms with Crippen LogP contribution in [-0.4, -0.2) is 39.5 Å². The largest absolute Gasteiger partial charge is 0.310 e. The first-order valence-electron chi connectivity index (χ1n) is 11.1. The zero-order valence-electron chi connectivity index (χ0n) is 18.5. The fraction of sp³-hybridized carbons (Fsp3) is 0.308. The lowest BCUT2D eigenvalue weighted by Crippen LogP contribution is -2.40. The third-order valence-electron chi connectivity index (χ3n) is 6.03. The number of hydrogen-bond donors (Lipinski definition) is 2. The molecule has 4 rings (SSSR count). The molecule has 1 fully saturated rings. The lowest BCUT2D eigenvalue weighted by Gasteiger charge is -2.29. The number of sulfonamides is 1. The molecule has 1 saturated heterocycles. The molecule has 0 atom stereocenters. The van der Waals surface area contributed by atoms with E-state index in [0.29, 0.717) is 6.04 Å². The average Bonchev–Trinajstić information content (AvgIpc) is 2.83. The summed E-state index contributed by atoms with van der Waals surface area (Å²) in [4.78, 5) is 2.65. The van der Waals surface area contributed by atoms with Gasteiger partial charge in [0.15, 0.2) is 0 Å². The highest BCUT2D eigenvalue weighted by atomic mass is 32.2. The second-order valence-electron chi connectivity index (χ2n) is 8.50. The minimum atomic E-state index is -3.59. The minimum Gasteiger partial charge on any atom is -0.310 e. The van der Waals surface area contributed by atoms with E-state index in [1.54, 1.807) is 18.2 Å². The Hall–Kier alpha value is -2.51. The number of benzene rings is 3. The monoisotopic (exact) mass is 449 g/mol. The molecule has 5 nitrogen and oxygen atoms in total. The zero-order valence-corrected chi connectivity index (χ0v) is 19.3. The molecule has 0 aliphatic carbocycles. The Morgan fingerprint density at radius 3 is 2.22 bits per heavy atom. The molecule has 0 radical (unpaired) electrons. The van der Waals surface area contributed by atoms with Crippen molar-refractivity contribution in [1.29, 1.82) is 0 Å². The van der Waals surface area contributed by atoms with E-state index in [4.69, 9.17) is 0 Å². The summed E-state index contributed by atoms with van der Waals surface area (Å²) in [5.74, 6) is 0. The first-order valence-corrected chi connectivity index (χ1v) is 12.6. The van der Waals surface area contributed by atoms with Gasteiger partial charge >= 0.3 is 0 Å². The van der Waals surface area contributed by atoms with Crippen LogP contribution in [0, 0.1) is 0 Å².